The van der Waals surface area contributed by atoms with Gasteiger partial charge in [-0.2, -0.15) is 13.1 Å². The predicted molar refractivity (Wildman–Crippen MR) is 191 cm³/mol. The van der Waals surface area contributed by atoms with Crippen molar-refractivity contribution < 1.29 is 26.2 Å². The number of aryl methyl sites for hydroxylation is 1. The Morgan fingerprint density at radius 3 is 2.23 bits per heavy atom. The molecule has 5 rings (SSSR count). The van der Waals surface area contributed by atoms with Crippen LogP contribution < -0.4 is 10.5 Å². The second kappa shape index (κ2) is 15.6. The first kappa shape index (κ1) is 36.3. The first-order valence-corrected chi connectivity index (χ1v) is 18.8. The van der Waals surface area contributed by atoms with E-state index in [0.717, 1.165) is 38.3 Å². The summed E-state index contributed by atoms with van der Waals surface area (Å²) in [6, 6.07) is 25.0. The van der Waals surface area contributed by atoms with Crippen LogP contribution in [0.5, 0.6) is 0 Å². The minimum atomic E-state index is -4.02. The van der Waals surface area contributed by atoms with Gasteiger partial charge in [-0.3, -0.25) is 14.8 Å². The van der Waals surface area contributed by atoms with Crippen molar-refractivity contribution in [2.45, 2.75) is 48.1 Å². The van der Waals surface area contributed by atoms with Gasteiger partial charge in [0.1, 0.15) is 6.04 Å². The van der Waals surface area contributed by atoms with Gasteiger partial charge in [0.25, 0.3) is 10.1 Å². The molecule has 4 aromatic rings. The summed E-state index contributed by atoms with van der Waals surface area (Å²) in [7, 11) is -6.30. The van der Waals surface area contributed by atoms with Crippen LogP contribution in [0.2, 0.25) is 0 Å². The molecule has 1 saturated heterocycles. The molecule has 0 aromatic heterocycles. The molecule has 0 aliphatic carbocycles. The number of halogens is 1. The fourth-order valence-electron chi connectivity index (χ4n) is 5.25. The molecule has 1 amide bonds. The van der Waals surface area contributed by atoms with E-state index >= 15 is 0 Å². The van der Waals surface area contributed by atoms with E-state index in [-0.39, 0.29) is 34.1 Å². The van der Waals surface area contributed by atoms with Gasteiger partial charge in [0.15, 0.2) is 5.96 Å². The van der Waals surface area contributed by atoms with Gasteiger partial charge >= 0.3 is 0 Å². The molecule has 5 N–H and O–H groups in total. The van der Waals surface area contributed by atoms with Gasteiger partial charge in [-0.25, -0.2) is 8.42 Å². The summed E-state index contributed by atoms with van der Waals surface area (Å²) in [5.74, 6) is -0.332. The maximum absolute atomic E-state index is 13.7. The van der Waals surface area contributed by atoms with Crippen molar-refractivity contribution in [3.63, 3.8) is 0 Å². The maximum Gasteiger partial charge on any atom is 0.294 e. The highest BCUT2D eigenvalue weighted by atomic mass is 127. The van der Waals surface area contributed by atoms with Gasteiger partial charge in [-0.15, -0.1) is 0 Å². The molecule has 1 aliphatic heterocycles. The predicted octanol–water partition coefficient (Wildman–Crippen LogP) is 4.39. The lowest BCUT2D eigenvalue weighted by Gasteiger charge is -2.39. The van der Waals surface area contributed by atoms with Crippen LogP contribution in [0.15, 0.2) is 101 Å². The fraction of sp³-hybridized carbons (Fsp3) is 0.273. The third-order valence-corrected chi connectivity index (χ3v) is 11.0. The number of hydrogen-bond acceptors (Lipinski definition) is 6. The lowest BCUT2D eigenvalue weighted by molar-refractivity contribution is -0.134. The first-order chi connectivity index (χ1) is 22.1. The average molecular weight is 792 g/mol. The average Bonchev–Trinajstić information content (AvgIpc) is 3.04. The van der Waals surface area contributed by atoms with E-state index in [1.807, 2.05) is 55.5 Å². The number of sulfonamides is 1. The highest BCUT2D eigenvalue weighted by molar-refractivity contribution is 14.1. The molecule has 1 fully saturated rings. The molecule has 0 radical (unpaired) electrons. The molecular weight excluding hydrogens is 753 g/mol. The van der Waals surface area contributed by atoms with E-state index in [1.54, 1.807) is 47.2 Å². The van der Waals surface area contributed by atoms with Crippen molar-refractivity contribution >= 4 is 65.4 Å². The molecule has 250 valence electrons. The molecule has 0 saturated carbocycles. The van der Waals surface area contributed by atoms with Crippen molar-refractivity contribution in [3.8, 4) is 0 Å². The zero-order valence-corrected chi connectivity index (χ0v) is 29.8. The molecular formula is C33H38IN5O6S2. The van der Waals surface area contributed by atoms with Crippen LogP contribution in [0.4, 0.5) is 0 Å². The van der Waals surface area contributed by atoms with E-state index in [2.05, 4.69) is 27.3 Å². The third kappa shape index (κ3) is 9.96. The normalized spacial score (nSPS) is 15.7. The van der Waals surface area contributed by atoms with Crippen molar-refractivity contribution in [2.75, 3.05) is 20.1 Å². The number of hydrogen-bond donors (Lipinski definition) is 4. The van der Waals surface area contributed by atoms with Crippen LogP contribution in [-0.4, -0.2) is 75.3 Å². The Hall–Kier alpha value is -3.57. The summed E-state index contributed by atoms with van der Waals surface area (Å²) in [6.07, 6.45) is 1.78. The minimum Gasteiger partial charge on any atom is -0.370 e. The molecule has 14 heteroatoms. The van der Waals surface area contributed by atoms with E-state index in [0.29, 0.717) is 13.1 Å². The van der Waals surface area contributed by atoms with E-state index in [4.69, 9.17) is 15.7 Å². The van der Waals surface area contributed by atoms with Crippen molar-refractivity contribution in [3.05, 3.63) is 106 Å². The maximum atomic E-state index is 13.7. The Kier molecular flexibility index (Phi) is 12.0. The molecule has 2 unspecified atom stereocenters. The third-order valence-electron chi connectivity index (χ3n) is 7.93. The lowest BCUT2D eigenvalue weighted by atomic mass is 10.0. The van der Waals surface area contributed by atoms with Gasteiger partial charge in [-0.05, 0) is 102 Å². The SMILES string of the molecule is CN(C(=O)C(Cc1ccc(I)cc1)NS(=O)(=O)c1ccc2ccccc2c1)C1CCCN(C(=N)N)C1.Cc1ccc(S(=O)(=O)O)cc1. The van der Waals surface area contributed by atoms with Crippen LogP contribution in [0.1, 0.15) is 24.0 Å². The molecule has 4 aromatic carbocycles. The van der Waals surface area contributed by atoms with Crippen molar-refractivity contribution in [1.82, 2.24) is 14.5 Å². The number of nitrogens with one attached hydrogen (secondary N) is 2. The molecule has 1 heterocycles. The van der Waals surface area contributed by atoms with E-state index in [9.17, 15) is 21.6 Å². The zero-order chi connectivity index (χ0) is 34.4. The summed E-state index contributed by atoms with van der Waals surface area (Å²) < 4.78 is 60.2. The Balaban J connectivity index is 0.000000385. The van der Waals surface area contributed by atoms with Crippen LogP contribution in [0.25, 0.3) is 10.8 Å². The van der Waals surface area contributed by atoms with Crippen LogP contribution in [0.3, 0.4) is 0 Å². The second-order valence-electron chi connectivity index (χ2n) is 11.4. The largest absolute Gasteiger partial charge is 0.370 e. The number of fused-ring (bicyclic) bond motifs is 1. The van der Waals surface area contributed by atoms with Gasteiger partial charge < -0.3 is 15.5 Å². The molecule has 2 atom stereocenters. The van der Waals surface area contributed by atoms with E-state index in [1.165, 1.54) is 12.1 Å². The number of piperidine rings is 1. The lowest BCUT2D eigenvalue weighted by Crippen LogP contribution is -2.56. The summed E-state index contributed by atoms with van der Waals surface area (Å²) in [4.78, 5) is 17.1. The number of nitrogens with two attached hydrogens (primary N) is 1. The Bertz CT molecular complexity index is 1940. The number of nitrogens with zero attached hydrogens (tertiary/aromatic N) is 2. The highest BCUT2D eigenvalue weighted by Crippen LogP contribution is 2.21. The topological polar surface area (TPSA) is 174 Å². The summed E-state index contributed by atoms with van der Waals surface area (Å²) >= 11 is 2.21. The summed E-state index contributed by atoms with van der Waals surface area (Å²) in [5, 5.41) is 9.51. The Morgan fingerprint density at radius 1 is 1.00 bits per heavy atom. The molecule has 0 spiro atoms. The standard InChI is InChI=1S/C26H30IN5O3S.C7H8O3S/c1-31(22-7-4-14-32(17-22)26(28)29)25(33)24(15-18-8-11-21(27)12-9-18)30-36(34,35)23-13-10-19-5-2-3-6-20(19)16-23;1-6-2-4-7(5-3-6)11(8,9)10/h2-3,5-6,8-13,16,22,24,30H,4,7,14-15,17H2,1H3,(H3,28,29);2-5H,1H3,(H,8,9,10). The number of amides is 1. The van der Waals surface area contributed by atoms with Crippen LogP contribution in [0, 0.1) is 15.9 Å². The minimum absolute atomic E-state index is 0.0204. The number of carbonyl (C=O) groups excluding carboxylic acids is 1. The summed E-state index contributed by atoms with van der Waals surface area (Å²) in [5.41, 5.74) is 7.50. The quantitative estimate of drug-likeness (QED) is 0.0881. The molecule has 1 aliphatic rings. The number of carbonyl (C=O) groups is 1. The monoisotopic (exact) mass is 791 g/mol. The first-order valence-electron chi connectivity index (χ1n) is 14.8. The molecule has 47 heavy (non-hydrogen) atoms. The fourth-order valence-corrected chi connectivity index (χ4v) is 7.31. The summed E-state index contributed by atoms with van der Waals surface area (Å²) in [6.45, 7) is 2.97. The number of likely N-dealkylation sites (tertiary alicyclic amines) is 1. The van der Waals surface area contributed by atoms with Crippen molar-refractivity contribution in [2.24, 2.45) is 5.73 Å². The number of benzene rings is 4. The van der Waals surface area contributed by atoms with Crippen LogP contribution >= 0.6 is 22.6 Å². The van der Waals surface area contributed by atoms with Gasteiger partial charge in [0.2, 0.25) is 15.9 Å². The number of likely N-dealkylation sites (N-methyl/N-ethyl adjacent to an activating group) is 1. The molecule has 0 bridgehead atoms. The van der Waals surface area contributed by atoms with Gasteiger partial charge in [0, 0.05) is 29.7 Å². The number of rotatable bonds is 8. The zero-order valence-electron chi connectivity index (χ0n) is 26.0. The Labute approximate surface area is 289 Å². The highest BCUT2D eigenvalue weighted by Gasteiger charge is 2.33. The van der Waals surface area contributed by atoms with Gasteiger partial charge in [-0.1, -0.05) is 60.2 Å². The molecule has 11 nitrogen and oxygen atoms in total. The Morgan fingerprint density at radius 2 is 1.62 bits per heavy atom. The van der Waals surface area contributed by atoms with Crippen LogP contribution in [-0.2, 0) is 31.4 Å². The smallest absolute Gasteiger partial charge is 0.294 e. The second-order valence-corrected chi connectivity index (χ2v) is 15.8. The van der Waals surface area contributed by atoms with Crippen molar-refractivity contribution in [1.29, 1.82) is 5.41 Å². The van der Waals surface area contributed by atoms with Gasteiger partial charge in [0.05, 0.1) is 9.79 Å². The van der Waals surface area contributed by atoms with E-state index < -0.39 is 26.2 Å². The number of guanidine groups is 1.